The first-order valence-corrected chi connectivity index (χ1v) is 6.92. The van der Waals surface area contributed by atoms with Gasteiger partial charge in [0, 0.05) is 23.1 Å². The van der Waals surface area contributed by atoms with Crippen molar-refractivity contribution < 1.29 is 14.7 Å². The standard InChI is InChI=1S/C14H16BrNO3/c1-9-3-4-10(7-11(9)15)12(17)16-6-5-14(2,8-16)13(18)19/h3-4,7H,5-6,8H2,1-2H3,(H,18,19). The smallest absolute Gasteiger partial charge is 0.311 e. The fourth-order valence-electron chi connectivity index (χ4n) is 2.22. The molecular formula is C14H16BrNO3. The minimum atomic E-state index is -0.840. The zero-order chi connectivity index (χ0) is 14.2. The van der Waals surface area contributed by atoms with E-state index in [9.17, 15) is 14.7 Å². The summed E-state index contributed by atoms with van der Waals surface area (Å²) in [5, 5.41) is 9.18. The van der Waals surface area contributed by atoms with Gasteiger partial charge in [0.25, 0.3) is 5.91 Å². The molecule has 0 aromatic heterocycles. The molecule has 4 nitrogen and oxygen atoms in total. The van der Waals surface area contributed by atoms with E-state index >= 15 is 0 Å². The van der Waals surface area contributed by atoms with Gasteiger partial charge in [0.2, 0.25) is 0 Å². The van der Waals surface area contributed by atoms with Gasteiger partial charge >= 0.3 is 5.97 Å². The van der Waals surface area contributed by atoms with Crippen molar-refractivity contribution in [3.63, 3.8) is 0 Å². The number of aryl methyl sites for hydroxylation is 1. The van der Waals surface area contributed by atoms with Crippen LogP contribution in [0.1, 0.15) is 29.3 Å². The van der Waals surface area contributed by atoms with E-state index in [2.05, 4.69) is 15.9 Å². The molecule has 5 heteroatoms. The Morgan fingerprint density at radius 1 is 1.42 bits per heavy atom. The topological polar surface area (TPSA) is 57.6 Å². The molecule has 102 valence electrons. The highest BCUT2D eigenvalue weighted by molar-refractivity contribution is 9.10. The van der Waals surface area contributed by atoms with E-state index in [0.29, 0.717) is 18.5 Å². The lowest BCUT2D eigenvalue weighted by Gasteiger charge is -2.20. The van der Waals surface area contributed by atoms with Gasteiger partial charge in [0.15, 0.2) is 0 Å². The number of benzene rings is 1. The Hall–Kier alpha value is -1.36. The van der Waals surface area contributed by atoms with Crippen molar-refractivity contribution in [2.75, 3.05) is 13.1 Å². The summed E-state index contributed by atoms with van der Waals surface area (Å²) in [5.74, 6) is -0.946. The van der Waals surface area contributed by atoms with Gasteiger partial charge in [0.1, 0.15) is 0 Å². The largest absolute Gasteiger partial charge is 0.481 e. The Balaban J connectivity index is 2.18. The highest BCUT2D eigenvalue weighted by atomic mass is 79.9. The van der Waals surface area contributed by atoms with Gasteiger partial charge in [-0.2, -0.15) is 0 Å². The van der Waals surface area contributed by atoms with E-state index in [4.69, 9.17) is 0 Å². The van der Waals surface area contributed by atoms with Crippen LogP contribution in [0, 0.1) is 12.3 Å². The number of amides is 1. The summed E-state index contributed by atoms with van der Waals surface area (Å²) in [6.07, 6.45) is 0.501. The number of carboxylic acids is 1. The first kappa shape index (κ1) is 14.1. The average Bonchev–Trinajstić information content (AvgIpc) is 2.76. The molecule has 1 saturated heterocycles. The van der Waals surface area contributed by atoms with Gasteiger partial charge < -0.3 is 10.0 Å². The predicted molar refractivity (Wildman–Crippen MR) is 75.1 cm³/mol. The second-order valence-corrected chi connectivity index (χ2v) is 6.16. The molecule has 1 aromatic rings. The Bertz CT molecular complexity index is 543. The fraction of sp³-hybridized carbons (Fsp3) is 0.429. The van der Waals surface area contributed by atoms with E-state index in [1.807, 2.05) is 13.0 Å². The predicted octanol–water partition coefficient (Wildman–Crippen LogP) is 2.69. The lowest BCUT2D eigenvalue weighted by Crippen LogP contribution is -2.34. The van der Waals surface area contributed by atoms with Crippen molar-refractivity contribution in [1.82, 2.24) is 4.90 Å². The van der Waals surface area contributed by atoms with Crippen LogP contribution in [0.15, 0.2) is 22.7 Å². The number of hydrogen-bond donors (Lipinski definition) is 1. The van der Waals surface area contributed by atoms with Crippen molar-refractivity contribution in [3.05, 3.63) is 33.8 Å². The van der Waals surface area contributed by atoms with Crippen LogP contribution in [0.2, 0.25) is 0 Å². The Labute approximate surface area is 120 Å². The third-order valence-corrected chi connectivity index (χ3v) is 4.55. The van der Waals surface area contributed by atoms with E-state index in [1.165, 1.54) is 0 Å². The van der Waals surface area contributed by atoms with Crippen LogP contribution >= 0.6 is 15.9 Å². The minimum Gasteiger partial charge on any atom is -0.481 e. The highest BCUT2D eigenvalue weighted by Gasteiger charge is 2.42. The molecule has 1 atom stereocenters. The van der Waals surface area contributed by atoms with E-state index in [0.717, 1.165) is 10.0 Å². The van der Waals surface area contributed by atoms with Crippen LogP contribution in [-0.4, -0.2) is 35.0 Å². The van der Waals surface area contributed by atoms with Crippen molar-refractivity contribution in [1.29, 1.82) is 0 Å². The minimum absolute atomic E-state index is 0.106. The molecule has 1 aromatic carbocycles. The maximum Gasteiger partial charge on any atom is 0.311 e. The summed E-state index contributed by atoms with van der Waals surface area (Å²) >= 11 is 3.40. The second-order valence-electron chi connectivity index (χ2n) is 5.31. The Morgan fingerprint density at radius 2 is 2.11 bits per heavy atom. The van der Waals surface area contributed by atoms with Crippen molar-refractivity contribution in [2.45, 2.75) is 20.3 Å². The molecule has 1 unspecified atom stereocenters. The number of aliphatic carboxylic acids is 1. The number of likely N-dealkylation sites (tertiary alicyclic amines) is 1. The summed E-state index contributed by atoms with van der Waals surface area (Å²) < 4.78 is 0.888. The molecule has 0 aliphatic carbocycles. The molecule has 1 amide bonds. The number of carbonyl (C=O) groups excluding carboxylic acids is 1. The molecule has 1 aliphatic heterocycles. The number of halogens is 1. The molecule has 1 heterocycles. The fourth-order valence-corrected chi connectivity index (χ4v) is 2.60. The molecule has 1 N–H and O–H groups in total. The lowest BCUT2D eigenvalue weighted by molar-refractivity contribution is -0.147. The quantitative estimate of drug-likeness (QED) is 0.909. The number of rotatable bonds is 2. The number of nitrogens with zero attached hydrogens (tertiary/aromatic N) is 1. The van der Waals surface area contributed by atoms with Crippen LogP contribution in [0.3, 0.4) is 0 Å². The Morgan fingerprint density at radius 3 is 2.63 bits per heavy atom. The molecule has 1 fully saturated rings. The summed E-state index contributed by atoms with van der Waals surface area (Å²) in [5.41, 5.74) is 0.831. The van der Waals surface area contributed by atoms with E-state index in [-0.39, 0.29) is 12.5 Å². The zero-order valence-electron chi connectivity index (χ0n) is 10.9. The summed E-state index contributed by atoms with van der Waals surface area (Å²) in [6, 6.07) is 5.44. The van der Waals surface area contributed by atoms with Gasteiger partial charge in [-0.3, -0.25) is 9.59 Å². The normalized spacial score (nSPS) is 22.6. The van der Waals surface area contributed by atoms with Gasteiger partial charge in [-0.05, 0) is 38.0 Å². The third kappa shape index (κ3) is 2.66. The molecule has 0 bridgehead atoms. The monoisotopic (exact) mass is 325 g/mol. The van der Waals surface area contributed by atoms with Gasteiger partial charge in [0.05, 0.1) is 5.41 Å². The summed E-state index contributed by atoms with van der Waals surface area (Å²) in [7, 11) is 0. The maximum atomic E-state index is 12.3. The van der Waals surface area contributed by atoms with Crippen molar-refractivity contribution >= 4 is 27.8 Å². The Kier molecular flexibility index (Phi) is 3.67. The highest BCUT2D eigenvalue weighted by Crippen LogP contribution is 2.31. The first-order chi connectivity index (χ1) is 8.83. The summed E-state index contributed by atoms with van der Waals surface area (Å²) in [6.45, 7) is 4.41. The van der Waals surface area contributed by atoms with Gasteiger partial charge in [-0.25, -0.2) is 0 Å². The molecule has 2 rings (SSSR count). The second kappa shape index (κ2) is 4.96. The zero-order valence-corrected chi connectivity index (χ0v) is 12.5. The number of carbonyl (C=O) groups is 2. The van der Waals surface area contributed by atoms with Crippen LogP contribution in [0.4, 0.5) is 0 Å². The molecule has 19 heavy (non-hydrogen) atoms. The number of hydrogen-bond acceptors (Lipinski definition) is 2. The average molecular weight is 326 g/mol. The molecule has 0 spiro atoms. The van der Waals surface area contributed by atoms with Gasteiger partial charge in [-0.15, -0.1) is 0 Å². The van der Waals surface area contributed by atoms with Gasteiger partial charge in [-0.1, -0.05) is 22.0 Å². The van der Waals surface area contributed by atoms with Crippen LogP contribution in [-0.2, 0) is 4.79 Å². The van der Waals surface area contributed by atoms with Crippen LogP contribution in [0.25, 0.3) is 0 Å². The molecule has 0 radical (unpaired) electrons. The van der Waals surface area contributed by atoms with Crippen molar-refractivity contribution in [2.24, 2.45) is 5.41 Å². The summed E-state index contributed by atoms with van der Waals surface area (Å²) in [4.78, 5) is 25.1. The van der Waals surface area contributed by atoms with Crippen LogP contribution in [0.5, 0.6) is 0 Å². The molecular weight excluding hydrogens is 310 g/mol. The SMILES string of the molecule is Cc1ccc(C(=O)N2CCC(C)(C(=O)O)C2)cc1Br. The van der Waals surface area contributed by atoms with E-state index < -0.39 is 11.4 Å². The van der Waals surface area contributed by atoms with Crippen LogP contribution < -0.4 is 0 Å². The third-order valence-electron chi connectivity index (χ3n) is 3.70. The molecule has 0 saturated carbocycles. The van der Waals surface area contributed by atoms with E-state index in [1.54, 1.807) is 24.0 Å². The number of carboxylic acid groups (broad SMARTS) is 1. The molecule has 1 aliphatic rings. The first-order valence-electron chi connectivity index (χ1n) is 6.12. The van der Waals surface area contributed by atoms with Crippen molar-refractivity contribution in [3.8, 4) is 0 Å². The lowest BCUT2D eigenvalue weighted by atomic mass is 9.90. The maximum absolute atomic E-state index is 12.3.